The molecule has 0 heterocycles. The third kappa shape index (κ3) is 2.23. The van der Waals surface area contributed by atoms with Gasteiger partial charge in [-0.2, -0.15) is 0 Å². The van der Waals surface area contributed by atoms with Gasteiger partial charge in [0.05, 0.1) is 0 Å². The Balaban J connectivity index is 3.08. The number of nitrogens with one attached hydrogen (secondary N) is 1. The molecule has 0 atom stereocenters. The molecule has 4 heteroatoms. The molecule has 0 saturated carbocycles. The Morgan fingerprint density at radius 3 is 2.86 bits per heavy atom. The second-order valence-electron chi connectivity index (χ2n) is 3.11. The first kappa shape index (κ1) is 10.5. The van der Waals surface area contributed by atoms with Crippen LogP contribution in [0.4, 0.5) is 5.69 Å². The molecule has 14 heavy (non-hydrogen) atoms. The summed E-state index contributed by atoms with van der Waals surface area (Å²) < 4.78 is 0. The highest BCUT2D eigenvalue weighted by Gasteiger charge is 2.09. The second-order valence-corrected chi connectivity index (χ2v) is 3.11. The molecule has 76 valence electrons. The number of hydroxylamine groups is 1. The molecule has 0 aromatic heterocycles. The molecule has 0 aliphatic heterocycles. The second kappa shape index (κ2) is 4.62. The number of carbonyl (C=O) groups excluding carboxylic acids is 1. The van der Waals surface area contributed by atoms with Crippen molar-refractivity contribution in [1.29, 1.82) is 0 Å². The molecule has 0 aliphatic rings. The summed E-state index contributed by atoms with van der Waals surface area (Å²) in [6.07, 6.45) is 1.73. The van der Waals surface area contributed by atoms with Gasteiger partial charge in [-0.25, -0.2) is 5.48 Å². The van der Waals surface area contributed by atoms with Crippen molar-refractivity contribution >= 4 is 11.6 Å². The highest BCUT2D eigenvalue weighted by Crippen LogP contribution is 2.15. The normalized spacial score (nSPS) is 9.86. The van der Waals surface area contributed by atoms with Crippen LogP contribution in [0.2, 0.25) is 0 Å². The lowest BCUT2D eigenvalue weighted by Crippen LogP contribution is -2.20. The first-order valence-electron chi connectivity index (χ1n) is 4.52. The van der Waals surface area contributed by atoms with E-state index in [1.165, 1.54) is 0 Å². The summed E-state index contributed by atoms with van der Waals surface area (Å²) in [7, 11) is 0. The number of amides is 1. The lowest BCUT2D eigenvalue weighted by Gasteiger charge is -2.07. The summed E-state index contributed by atoms with van der Waals surface area (Å²) in [5, 5.41) is 8.53. The van der Waals surface area contributed by atoms with Crippen LogP contribution in [-0.4, -0.2) is 11.1 Å². The van der Waals surface area contributed by atoms with Gasteiger partial charge in [-0.05, 0) is 24.1 Å². The van der Waals surface area contributed by atoms with E-state index in [0.717, 1.165) is 18.4 Å². The molecule has 0 radical (unpaired) electrons. The highest BCUT2D eigenvalue weighted by molar-refractivity contribution is 5.95. The van der Waals surface area contributed by atoms with E-state index in [1.54, 1.807) is 17.6 Å². The summed E-state index contributed by atoms with van der Waals surface area (Å²) >= 11 is 0. The molecule has 0 bridgehead atoms. The predicted molar refractivity (Wildman–Crippen MR) is 54.1 cm³/mol. The molecule has 1 amide bonds. The van der Waals surface area contributed by atoms with Crippen LogP contribution in [0.15, 0.2) is 18.2 Å². The van der Waals surface area contributed by atoms with Gasteiger partial charge in [0.15, 0.2) is 0 Å². The van der Waals surface area contributed by atoms with Crippen molar-refractivity contribution in [3.8, 4) is 0 Å². The van der Waals surface area contributed by atoms with Crippen LogP contribution < -0.4 is 11.2 Å². The van der Waals surface area contributed by atoms with Gasteiger partial charge in [-0.1, -0.05) is 19.4 Å². The van der Waals surface area contributed by atoms with Crippen LogP contribution in [0.3, 0.4) is 0 Å². The number of benzene rings is 1. The van der Waals surface area contributed by atoms with Crippen LogP contribution in [0.25, 0.3) is 0 Å². The topological polar surface area (TPSA) is 75.4 Å². The van der Waals surface area contributed by atoms with Crippen LogP contribution in [-0.2, 0) is 6.42 Å². The van der Waals surface area contributed by atoms with Crippen molar-refractivity contribution < 1.29 is 10.0 Å². The van der Waals surface area contributed by atoms with Crippen molar-refractivity contribution in [2.24, 2.45) is 0 Å². The summed E-state index contributed by atoms with van der Waals surface area (Å²) in [6.45, 7) is 2.02. The molecule has 1 aromatic rings. The van der Waals surface area contributed by atoms with Gasteiger partial charge in [0.1, 0.15) is 0 Å². The highest BCUT2D eigenvalue weighted by atomic mass is 16.5. The van der Waals surface area contributed by atoms with Crippen molar-refractivity contribution in [3.63, 3.8) is 0 Å². The maximum Gasteiger partial charge on any atom is 0.274 e. The predicted octanol–water partition coefficient (Wildman–Crippen LogP) is 1.34. The van der Waals surface area contributed by atoms with Gasteiger partial charge in [-0.3, -0.25) is 10.0 Å². The molecule has 0 unspecified atom stereocenters. The molecule has 1 rings (SSSR count). The maximum absolute atomic E-state index is 11.2. The lowest BCUT2D eigenvalue weighted by atomic mass is 10.0. The van der Waals surface area contributed by atoms with Gasteiger partial charge < -0.3 is 5.73 Å². The quantitative estimate of drug-likeness (QED) is 0.386. The molecule has 4 nitrogen and oxygen atoms in total. The lowest BCUT2D eigenvalue weighted by molar-refractivity contribution is 0.0705. The number of nitrogens with two attached hydrogens (primary N) is 1. The molecule has 1 aromatic carbocycles. The standard InChI is InChI=1S/C10H14N2O2/c1-2-3-7-4-5-8(11)6-9(7)10(13)12-14/h4-6,14H,2-3,11H2,1H3,(H,12,13). The Morgan fingerprint density at radius 2 is 2.29 bits per heavy atom. The number of carbonyl (C=O) groups is 1. The number of rotatable bonds is 3. The molecular weight excluding hydrogens is 180 g/mol. The molecular formula is C10H14N2O2. The summed E-state index contributed by atoms with van der Waals surface area (Å²) in [5.74, 6) is -0.513. The SMILES string of the molecule is CCCc1ccc(N)cc1C(=O)NO. The number of anilines is 1. The van der Waals surface area contributed by atoms with E-state index in [0.29, 0.717) is 11.3 Å². The van der Waals surface area contributed by atoms with E-state index in [9.17, 15) is 4.79 Å². The Bertz CT molecular complexity index is 337. The Labute approximate surface area is 82.7 Å². The van der Waals surface area contributed by atoms with Gasteiger partial charge >= 0.3 is 0 Å². The summed E-state index contributed by atoms with van der Waals surface area (Å²) in [6, 6.07) is 5.12. The van der Waals surface area contributed by atoms with E-state index >= 15 is 0 Å². The van der Waals surface area contributed by atoms with Crippen LogP contribution >= 0.6 is 0 Å². The van der Waals surface area contributed by atoms with Crippen LogP contribution in [0, 0.1) is 0 Å². The van der Waals surface area contributed by atoms with Gasteiger partial charge in [0, 0.05) is 11.3 Å². The van der Waals surface area contributed by atoms with Crippen molar-refractivity contribution in [2.45, 2.75) is 19.8 Å². The minimum Gasteiger partial charge on any atom is -0.399 e. The van der Waals surface area contributed by atoms with Crippen molar-refractivity contribution in [1.82, 2.24) is 5.48 Å². The fourth-order valence-electron chi connectivity index (χ4n) is 1.35. The fourth-order valence-corrected chi connectivity index (χ4v) is 1.35. The number of hydrogen-bond acceptors (Lipinski definition) is 3. The maximum atomic E-state index is 11.2. The number of hydrogen-bond donors (Lipinski definition) is 3. The summed E-state index contributed by atoms with van der Waals surface area (Å²) in [5.41, 5.74) is 9.02. The molecule has 4 N–H and O–H groups in total. The zero-order valence-corrected chi connectivity index (χ0v) is 8.08. The fraction of sp³-hybridized carbons (Fsp3) is 0.300. The molecule has 0 spiro atoms. The van der Waals surface area contributed by atoms with E-state index in [2.05, 4.69) is 0 Å². The first-order chi connectivity index (χ1) is 6.69. The van der Waals surface area contributed by atoms with E-state index in [-0.39, 0.29) is 0 Å². The minimum atomic E-state index is -0.513. The number of aryl methyl sites for hydroxylation is 1. The first-order valence-corrected chi connectivity index (χ1v) is 4.52. The summed E-state index contributed by atoms with van der Waals surface area (Å²) in [4.78, 5) is 11.2. The Morgan fingerprint density at radius 1 is 1.57 bits per heavy atom. The van der Waals surface area contributed by atoms with Crippen LogP contribution in [0.1, 0.15) is 29.3 Å². The van der Waals surface area contributed by atoms with Crippen molar-refractivity contribution in [2.75, 3.05) is 5.73 Å². The van der Waals surface area contributed by atoms with Gasteiger partial charge in [0.2, 0.25) is 0 Å². The van der Waals surface area contributed by atoms with Gasteiger partial charge in [-0.15, -0.1) is 0 Å². The average molecular weight is 194 g/mol. The third-order valence-corrected chi connectivity index (χ3v) is 2.00. The Hall–Kier alpha value is -1.55. The number of nitrogen functional groups attached to an aromatic ring is 1. The van der Waals surface area contributed by atoms with E-state index < -0.39 is 5.91 Å². The molecule has 0 aliphatic carbocycles. The zero-order chi connectivity index (χ0) is 10.6. The molecule has 0 fully saturated rings. The van der Waals surface area contributed by atoms with Crippen LogP contribution in [0.5, 0.6) is 0 Å². The van der Waals surface area contributed by atoms with E-state index in [4.69, 9.17) is 10.9 Å². The zero-order valence-electron chi connectivity index (χ0n) is 8.08. The van der Waals surface area contributed by atoms with Crippen molar-refractivity contribution in [3.05, 3.63) is 29.3 Å². The largest absolute Gasteiger partial charge is 0.399 e. The third-order valence-electron chi connectivity index (χ3n) is 2.00. The van der Waals surface area contributed by atoms with Gasteiger partial charge in [0.25, 0.3) is 5.91 Å². The van der Waals surface area contributed by atoms with E-state index in [1.807, 2.05) is 13.0 Å². The monoisotopic (exact) mass is 194 g/mol. The minimum absolute atomic E-state index is 0.439. The average Bonchev–Trinajstić information content (AvgIpc) is 2.20. The molecule has 0 saturated heterocycles. The Kier molecular flexibility index (Phi) is 3.48. The smallest absolute Gasteiger partial charge is 0.274 e.